The number of benzene rings is 1. The molecule has 0 fully saturated rings. The molecule has 0 atom stereocenters. The van der Waals surface area contributed by atoms with Crippen LogP contribution < -0.4 is 5.32 Å². The van der Waals surface area contributed by atoms with Gasteiger partial charge in [-0.15, -0.1) is 0 Å². The van der Waals surface area contributed by atoms with Crippen molar-refractivity contribution in [2.24, 2.45) is 0 Å². The largest absolute Gasteiger partial charge is 0.381 e. The van der Waals surface area contributed by atoms with Gasteiger partial charge in [-0.2, -0.15) is 10.5 Å². The number of amides is 1. The van der Waals surface area contributed by atoms with Crippen LogP contribution >= 0.6 is 0 Å². The van der Waals surface area contributed by atoms with E-state index in [2.05, 4.69) is 5.32 Å². The van der Waals surface area contributed by atoms with Gasteiger partial charge in [0.2, 0.25) is 5.91 Å². The molecule has 1 rings (SSSR count). The van der Waals surface area contributed by atoms with Gasteiger partial charge < -0.3 is 10.1 Å². The number of nitriles is 2. The third kappa shape index (κ3) is 4.79. The quantitative estimate of drug-likeness (QED) is 0.791. The van der Waals surface area contributed by atoms with E-state index in [-0.39, 0.29) is 17.9 Å². The van der Waals surface area contributed by atoms with Crippen molar-refractivity contribution in [2.75, 3.05) is 18.5 Å². The van der Waals surface area contributed by atoms with Gasteiger partial charge in [0, 0.05) is 12.3 Å². The Bertz CT molecular complexity index is 526. The Morgan fingerprint density at radius 3 is 2.63 bits per heavy atom. The van der Waals surface area contributed by atoms with E-state index in [9.17, 15) is 4.79 Å². The van der Waals surface area contributed by atoms with Crippen LogP contribution in [0.2, 0.25) is 0 Å². The second kappa shape index (κ2) is 7.86. The van der Waals surface area contributed by atoms with Gasteiger partial charge in [0.25, 0.3) is 0 Å². The van der Waals surface area contributed by atoms with Gasteiger partial charge in [-0.1, -0.05) is 6.92 Å². The second-order valence-corrected chi connectivity index (χ2v) is 3.89. The van der Waals surface area contributed by atoms with E-state index in [1.807, 2.05) is 19.1 Å². The summed E-state index contributed by atoms with van der Waals surface area (Å²) in [5.74, 6) is -0.176. The SMILES string of the molecule is CCCOCCC(=O)Nc1ccc(C#N)c(C#N)c1. The van der Waals surface area contributed by atoms with Gasteiger partial charge in [0.1, 0.15) is 12.1 Å². The highest BCUT2D eigenvalue weighted by atomic mass is 16.5. The molecule has 0 aliphatic heterocycles. The molecular weight excluding hydrogens is 242 g/mol. The summed E-state index contributed by atoms with van der Waals surface area (Å²) in [6.07, 6.45) is 1.19. The molecule has 1 N–H and O–H groups in total. The smallest absolute Gasteiger partial charge is 0.226 e. The molecular formula is C14H15N3O2. The average molecular weight is 257 g/mol. The summed E-state index contributed by atoms with van der Waals surface area (Å²) in [4.78, 5) is 11.6. The van der Waals surface area contributed by atoms with Crippen LogP contribution in [0, 0.1) is 22.7 Å². The molecule has 1 aromatic carbocycles. The van der Waals surface area contributed by atoms with E-state index < -0.39 is 0 Å². The molecule has 98 valence electrons. The minimum atomic E-state index is -0.176. The van der Waals surface area contributed by atoms with Crippen LogP contribution in [0.4, 0.5) is 5.69 Å². The fourth-order valence-electron chi connectivity index (χ4n) is 1.45. The van der Waals surface area contributed by atoms with Crippen LogP contribution in [0.5, 0.6) is 0 Å². The number of hydrogen-bond acceptors (Lipinski definition) is 4. The van der Waals surface area contributed by atoms with Gasteiger partial charge in [-0.05, 0) is 24.6 Å². The lowest BCUT2D eigenvalue weighted by molar-refractivity contribution is -0.117. The number of carbonyl (C=O) groups excluding carboxylic acids is 1. The molecule has 1 aromatic rings. The molecule has 0 bridgehead atoms. The molecule has 0 spiro atoms. The number of ether oxygens (including phenoxy) is 1. The van der Waals surface area contributed by atoms with Crippen LogP contribution in [-0.2, 0) is 9.53 Å². The van der Waals surface area contributed by atoms with Crippen molar-refractivity contribution in [1.82, 2.24) is 0 Å². The Morgan fingerprint density at radius 1 is 1.26 bits per heavy atom. The van der Waals surface area contributed by atoms with Gasteiger partial charge in [-0.25, -0.2) is 0 Å². The molecule has 0 aliphatic carbocycles. The van der Waals surface area contributed by atoms with Crippen molar-refractivity contribution < 1.29 is 9.53 Å². The fraction of sp³-hybridized carbons (Fsp3) is 0.357. The Balaban J connectivity index is 2.56. The van der Waals surface area contributed by atoms with Crippen molar-refractivity contribution in [1.29, 1.82) is 10.5 Å². The summed E-state index contributed by atoms with van der Waals surface area (Å²) in [5.41, 5.74) is 1.06. The molecule has 1 amide bonds. The lowest BCUT2D eigenvalue weighted by atomic mass is 10.1. The van der Waals surface area contributed by atoms with E-state index in [0.717, 1.165) is 6.42 Å². The summed E-state index contributed by atoms with van der Waals surface area (Å²) in [5, 5.41) is 20.3. The van der Waals surface area contributed by atoms with Crippen molar-refractivity contribution in [2.45, 2.75) is 19.8 Å². The first kappa shape index (κ1) is 14.7. The van der Waals surface area contributed by atoms with Gasteiger partial charge in [0.05, 0.1) is 24.2 Å². The van der Waals surface area contributed by atoms with E-state index in [1.54, 1.807) is 6.07 Å². The second-order valence-electron chi connectivity index (χ2n) is 3.89. The topological polar surface area (TPSA) is 85.9 Å². The molecule has 19 heavy (non-hydrogen) atoms. The number of nitrogens with zero attached hydrogens (tertiary/aromatic N) is 2. The van der Waals surface area contributed by atoms with Crippen LogP contribution in [0.15, 0.2) is 18.2 Å². The zero-order chi connectivity index (χ0) is 14.1. The van der Waals surface area contributed by atoms with E-state index in [0.29, 0.717) is 24.5 Å². The normalized spacial score (nSPS) is 9.42. The first-order valence-corrected chi connectivity index (χ1v) is 6.03. The van der Waals surface area contributed by atoms with Gasteiger partial charge in [-0.3, -0.25) is 4.79 Å². The number of hydrogen-bond donors (Lipinski definition) is 1. The molecule has 5 heteroatoms. The van der Waals surface area contributed by atoms with E-state index >= 15 is 0 Å². The van der Waals surface area contributed by atoms with Crippen LogP contribution in [0.3, 0.4) is 0 Å². The zero-order valence-corrected chi connectivity index (χ0v) is 10.8. The molecule has 0 aromatic heterocycles. The minimum Gasteiger partial charge on any atom is -0.381 e. The number of carbonyl (C=O) groups is 1. The van der Waals surface area contributed by atoms with Crippen molar-refractivity contribution in [3.8, 4) is 12.1 Å². The summed E-state index contributed by atoms with van der Waals surface area (Å²) in [6, 6.07) is 8.45. The molecule has 0 heterocycles. The molecule has 0 aliphatic rings. The molecule has 0 saturated heterocycles. The van der Waals surface area contributed by atoms with Gasteiger partial charge >= 0.3 is 0 Å². The van der Waals surface area contributed by atoms with Gasteiger partial charge in [0.15, 0.2) is 0 Å². The molecule has 0 saturated carbocycles. The van der Waals surface area contributed by atoms with E-state index in [1.165, 1.54) is 12.1 Å². The maximum atomic E-state index is 11.6. The third-order valence-corrected chi connectivity index (χ3v) is 2.37. The number of anilines is 1. The first-order chi connectivity index (χ1) is 9.21. The first-order valence-electron chi connectivity index (χ1n) is 6.03. The van der Waals surface area contributed by atoms with Crippen LogP contribution in [0.1, 0.15) is 30.9 Å². The standard InChI is InChI=1S/C14H15N3O2/c1-2-6-19-7-5-14(18)17-13-4-3-11(9-15)12(8-13)10-16/h3-4,8H,2,5-7H2,1H3,(H,17,18). The summed E-state index contributed by atoms with van der Waals surface area (Å²) < 4.78 is 5.22. The predicted molar refractivity (Wildman–Crippen MR) is 70.2 cm³/mol. The molecule has 0 radical (unpaired) electrons. The minimum absolute atomic E-state index is 0.176. The number of rotatable bonds is 6. The highest BCUT2D eigenvalue weighted by molar-refractivity contribution is 5.91. The van der Waals surface area contributed by atoms with Crippen molar-refractivity contribution in [3.63, 3.8) is 0 Å². The average Bonchev–Trinajstić information content (AvgIpc) is 2.43. The highest BCUT2D eigenvalue weighted by Gasteiger charge is 2.06. The molecule has 0 unspecified atom stereocenters. The lowest BCUT2D eigenvalue weighted by Crippen LogP contribution is -2.14. The van der Waals surface area contributed by atoms with E-state index in [4.69, 9.17) is 15.3 Å². The maximum Gasteiger partial charge on any atom is 0.226 e. The maximum absolute atomic E-state index is 11.6. The number of nitrogens with one attached hydrogen (secondary N) is 1. The fourth-order valence-corrected chi connectivity index (χ4v) is 1.45. The van der Waals surface area contributed by atoms with Crippen LogP contribution in [0.25, 0.3) is 0 Å². The Kier molecular flexibility index (Phi) is 6.08. The Labute approximate surface area is 112 Å². The summed E-state index contributed by atoms with van der Waals surface area (Å²) >= 11 is 0. The van der Waals surface area contributed by atoms with Crippen LogP contribution in [-0.4, -0.2) is 19.1 Å². The summed E-state index contributed by atoms with van der Waals surface area (Å²) in [6.45, 7) is 3.02. The molecule has 5 nitrogen and oxygen atoms in total. The highest BCUT2D eigenvalue weighted by Crippen LogP contribution is 2.14. The monoisotopic (exact) mass is 257 g/mol. The Morgan fingerprint density at radius 2 is 2.00 bits per heavy atom. The lowest BCUT2D eigenvalue weighted by Gasteiger charge is -2.06. The predicted octanol–water partition coefficient (Wildman–Crippen LogP) is 2.19. The zero-order valence-electron chi connectivity index (χ0n) is 10.8. The van der Waals surface area contributed by atoms with Crippen molar-refractivity contribution >= 4 is 11.6 Å². The third-order valence-electron chi connectivity index (χ3n) is 2.37. The summed E-state index contributed by atoms with van der Waals surface area (Å²) in [7, 11) is 0. The van der Waals surface area contributed by atoms with Crippen molar-refractivity contribution in [3.05, 3.63) is 29.3 Å². The Hall–Kier alpha value is -2.37.